The average molecular weight is 487 g/mol. The zero-order chi connectivity index (χ0) is 23.8. The van der Waals surface area contributed by atoms with Crippen molar-refractivity contribution in [3.63, 3.8) is 0 Å². The number of morpholine rings is 1. The minimum Gasteiger partial charge on any atom is -0.378 e. The summed E-state index contributed by atoms with van der Waals surface area (Å²) in [4.78, 5) is 14.9. The lowest BCUT2D eigenvalue weighted by molar-refractivity contribution is -0.119. The maximum absolute atomic E-state index is 13.2. The normalized spacial score (nSPS) is 17.4. The Hall–Kier alpha value is -2.62. The Bertz CT molecular complexity index is 1050. The first-order valence-electron chi connectivity index (χ1n) is 12.1. The first-order valence-corrected chi connectivity index (χ1v) is 13.5. The summed E-state index contributed by atoms with van der Waals surface area (Å²) in [7, 11) is -3.57. The highest BCUT2D eigenvalue weighted by molar-refractivity contribution is 7.89. The van der Waals surface area contributed by atoms with Gasteiger partial charge in [0.25, 0.3) is 0 Å². The van der Waals surface area contributed by atoms with E-state index in [9.17, 15) is 13.2 Å². The maximum atomic E-state index is 13.2. The Morgan fingerprint density at radius 2 is 1.68 bits per heavy atom. The van der Waals surface area contributed by atoms with Gasteiger partial charge in [-0.1, -0.05) is 36.8 Å². The van der Waals surface area contributed by atoms with Crippen LogP contribution in [0.25, 0.3) is 0 Å². The molecule has 0 saturated carbocycles. The number of nitrogens with one attached hydrogen (secondary N) is 2. The third-order valence-electron chi connectivity index (χ3n) is 6.29. The van der Waals surface area contributed by atoms with Crippen LogP contribution in [0, 0.1) is 0 Å². The molecule has 0 bridgehead atoms. The second kappa shape index (κ2) is 11.7. The van der Waals surface area contributed by atoms with Crippen LogP contribution in [0.1, 0.15) is 24.8 Å². The molecule has 184 valence electrons. The number of benzene rings is 2. The van der Waals surface area contributed by atoms with Crippen molar-refractivity contribution in [2.75, 3.05) is 62.7 Å². The van der Waals surface area contributed by atoms with Gasteiger partial charge in [0, 0.05) is 32.7 Å². The molecule has 2 aromatic rings. The summed E-state index contributed by atoms with van der Waals surface area (Å²) in [6.45, 7) is 4.40. The third kappa shape index (κ3) is 6.28. The van der Waals surface area contributed by atoms with Crippen LogP contribution in [0.5, 0.6) is 0 Å². The van der Waals surface area contributed by atoms with Gasteiger partial charge in [-0.2, -0.15) is 4.31 Å². The molecule has 8 nitrogen and oxygen atoms in total. The third-order valence-corrected chi connectivity index (χ3v) is 8.19. The monoisotopic (exact) mass is 486 g/mol. The van der Waals surface area contributed by atoms with Crippen LogP contribution in [0.4, 0.5) is 11.4 Å². The summed E-state index contributed by atoms with van der Waals surface area (Å²) >= 11 is 0. The van der Waals surface area contributed by atoms with E-state index < -0.39 is 10.0 Å². The predicted molar refractivity (Wildman–Crippen MR) is 134 cm³/mol. The number of piperidine rings is 1. The smallest absolute Gasteiger partial charge is 0.243 e. The van der Waals surface area contributed by atoms with Crippen molar-refractivity contribution in [2.45, 2.75) is 30.6 Å². The molecule has 2 heterocycles. The van der Waals surface area contributed by atoms with Crippen molar-refractivity contribution in [3.05, 3.63) is 54.1 Å². The van der Waals surface area contributed by atoms with Crippen LogP contribution in [0.2, 0.25) is 0 Å². The fourth-order valence-corrected chi connectivity index (χ4v) is 5.92. The van der Waals surface area contributed by atoms with Gasteiger partial charge in [0.15, 0.2) is 0 Å². The number of ether oxygens (including phenoxy) is 1. The van der Waals surface area contributed by atoms with Gasteiger partial charge < -0.3 is 20.3 Å². The molecule has 2 N–H and O–H groups in total. The summed E-state index contributed by atoms with van der Waals surface area (Å²) in [6.07, 6.45) is 3.60. The Kier molecular flexibility index (Phi) is 8.42. The van der Waals surface area contributed by atoms with Gasteiger partial charge in [0.05, 0.1) is 36.0 Å². The number of hydrogen-bond donors (Lipinski definition) is 2. The number of carbonyl (C=O) groups is 1. The molecular formula is C25H34N4O4S. The van der Waals surface area contributed by atoms with Crippen LogP contribution in [-0.2, 0) is 26.0 Å². The second-order valence-electron chi connectivity index (χ2n) is 8.68. The van der Waals surface area contributed by atoms with Crippen LogP contribution in [0.3, 0.4) is 0 Å². The Labute approximate surface area is 202 Å². The van der Waals surface area contributed by atoms with E-state index in [2.05, 4.69) is 15.5 Å². The molecule has 2 aromatic carbocycles. The molecule has 2 saturated heterocycles. The van der Waals surface area contributed by atoms with Gasteiger partial charge >= 0.3 is 0 Å². The molecule has 2 aliphatic heterocycles. The van der Waals surface area contributed by atoms with Gasteiger partial charge in [-0.15, -0.1) is 0 Å². The molecule has 2 fully saturated rings. The Balaban J connectivity index is 1.45. The van der Waals surface area contributed by atoms with E-state index in [-0.39, 0.29) is 17.3 Å². The van der Waals surface area contributed by atoms with Gasteiger partial charge in [-0.3, -0.25) is 4.79 Å². The molecule has 0 aliphatic carbocycles. The van der Waals surface area contributed by atoms with E-state index in [1.54, 1.807) is 16.4 Å². The molecule has 1 amide bonds. The van der Waals surface area contributed by atoms with E-state index in [1.807, 2.05) is 36.4 Å². The topological polar surface area (TPSA) is 91.0 Å². The van der Waals surface area contributed by atoms with Crippen molar-refractivity contribution < 1.29 is 17.9 Å². The quantitative estimate of drug-likeness (QED) is 0.566. The van der Waals surface area contributed by atoms with Crippen LogP contribution in [-0.4, -0.2) is 71.1 Å². The lowest BCUT2D eigenvalue weighted by Crippen LogP contribution is -2.38. The average Bonchev–Trinajstić information content (AvgIpc) is 2.89. The molecule has 0 unspecified atom stereocenters. The molecule has 0 aromatic heterocycles. The molecule has 2 aliphatic rings. The van der Waals surface area contributed by atoms with Gasteiger partial charge in [0.2, 0.25) is 15.9 Å². The van der Waals surface area contributed by atoms with Crippen LogP contribution < -0.4 is 15.5 Å². The van der Waals surface area contributed by atoms with E-state index in [0.29, 0.717) is 38.5 Å². The van der Waals surface area contributed by atoms with Crippen molar-refractivity contribution >= 4 is 27.3 Å². The zero-order valence-corrected chi connectivity index (χ0v) is 20.4. The highest BCUT2D eigenvalue weighted by Crippen LogP contribution is 2.31. The number of sulfonamides is 1. The Morgan fingerprint density at radius 1 is 0.941 bits per heavy atom. The fraction of sp³-hybridized carbons (Fsp3) is 0.480. The first-order chi connectivity index (χ1) is 16.5. The summed E-state index contributed by atoms with van der Waals surface area (Å²) < 4.78 is 33.5. The first kappa shape index (κ1) is 24.5. The number of amides is 1. The maximum Gasteiger partial charge on any atom is 0.243 e. The SMILES string of the molecule is O=C(CNc1cc(S(=O)(=O)N2CCCCC2)ccc1N1CCOCC1)NCCc1ccccc1. The molecule has 34 heavy (non-hydrogen) atoms. The van der Waals surface area contributed by atoms with E-state index in [4.69, 9.17) is 4.74 Å². The largest absolute Gasteiger partial charge is 0.378 e. The summed E-state index contributed by atoms with van der Waals surface area (Å²) in [5, 5.41) is 6.13. The number of rotatable bonds is 9. The van der Waals surface area contributed by atoms with E-state index in [1.165, 1.54) is 5.56 Å². The lowest BCUT2D eigenvalue weighted by Gasteiger charge is -2.31. The Morgan fingerprint density at radius 3 is 2.41 bits per heavy atom. The summed E-state index contributed by atoms with van der Waals surface area (Å²) in [5.41, 5.74) is 2.71. The van der Waals surface area contributed by atoms with E-state index in [0.717, 1.165) is 44.5 Å². The van der Waals surface area contributed by atoms with Crippen molar-refractivity contribution in [1.29, 1.82) is 0 Å². The highest BCUT2D eigenvalue weighted by atomic mass is 32.2. The summed E-state index contributed by atoms with van der Waals surface area (Å²) in [6, 6.07) is 15.2. The van der Waals surface area contributed by atoms with Crippen molar-refractivity contribution in [1.82, 2.24) is 9.62 Å². The van der Waals surface area contributed by atoms with Crippen molar-refractivity contribution in [2.24, 2.45) is 0 Å². The zero-order valence-electron chi connectivity index (χ0n) is 19.5. The van der Waals surface area contributed by atoms with Crippen molar-refractivity contribution in [3.8, 4) is 0 Å². The second-order valence-corrected chi connectivity index (χ2v) is 10.6. The molecule has 9 heteroatoms. The van der Waals surface area contributed by atoms with Gasteiger partial charge in [-0.05, 0) is 43.0 Å². The van der Waals surface area contributed by atoms with Gasteiger partial charge in [-0.25, -0.2) is 8.42 Å². The van der Waals surface area contributed by atoms with E-state index >= 15 is 0 Å². The molecule has 0 atom stereocenters. The minimum absolute atomic E-state index is 0.0688. The molecular weight excluding hydrogens is 452 g/mol. The number of carbonyl (C=O) groups excluding carboxylic acids is 1. The molecule has 4 rings (SSSR count). The molecule has 0 radical (unpaired) electrons. The fourth-order valence-electron chi connectivity index (χ4n) is 4.38. The highest BCUT2D eigenvalue weighted by Gasteiger charge is 2.27. The number of hydrogen-bond acceptors (Lipinski definition) is 6. The molecule has 0 spiro atoms. The number of nitrogens with zero attached hydrogens (tertiary/aromatic N) is 2. The van der Waals surface area contributed by atoms with Crippen LogP contribution in [0.15, 0.2) is 53.4 Å². The minimum atomic E-state index is -3.57. The lowest BCUT2D eigenvalue weighted by atomic mass is 10.1. The van der Waals surface area contributed by atoms with Gasteiger partial charge in [0.1, 0.15) is 0 Å². The van der Waals surface area contributed by atoms with Crippen LogP contribution >= 0.6 is 0 Å². The predicted octanol–water partition coefficient (Wildman–Crippen LogP) is 2.47. The standard InChI is InChI=1S/C25H34N4O4S/c30-25(26-12-11-21-7-3-1-4-8-21)20-27-23-19-22(34(31,32)29-13-5-2-6-14-29)9-10-24(23)28-15-17-33-18-16-28/h1,3-4,7-10,19,27H,2,5-6,11-18,20H2,(H,26,30). The summed E-state index contributed by atoms with van der Waals surface area (Å²) in [5.74, 6) is -0.131. The number of anilines is 2.